The van der Waals surface area contributed by atoms with Crippen LogP contribution in [0.1, 0.15) is 16.8 Å². The van der Waals surface area contributed by atoms with E-state index in [0.717, 1.165) is 10.5 Å². The zero-order chi connectivity index (χ0) is 19.6. The third-order valence-corrected chi connectivity index (χ3v) is 5.99. The van der Waals surface area contributed by atoms with Crippen molar-refractivity contribution in [1.29, 1.82) is 0 Å². The van der Waals surface area contributed by atoms with Crippen LogP contribution in [0.15, 0.2) is 52.0 Å². The maximum Gasteiger partial charge on any atom is 0.341 e. The Morgan fingerprint density at radius 1 is 1.26 bits per heavy atom. The van der Waals surface area contributed by atoms with Crippen molar-refractivity contribution in [2.45, 2.75) is 23.2 Å². The second-order valence-corrected chi connectivity index (χ2v) is 8.70. The Morgan fingerprint density at radius 2 is 2.00 bits per heavy atom. The van der Waals surface area contributed by atoms with Crippen molar-refractivity contribution in [3.05, 3.63) is 52.6 Å². The first-order valence-electron chi connectivity index (χ1n) is 7.97. The van der Waals surface area contributed by atoms with Gasteiger partial charge in [-0.25, -0.2) is 13.4 Å². The highest BCUT2D eigenvalue weighted by atomic mass is 79.9. The molecule has 1 aliphatic heterocycles. The molecule has 144 valence electrons. The molecule has 1 unspecified atom stereocenters. The summed E-state index contributed by atoms with van der Waals surface area (Å²) in [4.78, 5) is 17.5. The molecule has 0 saturated carbocycles. The number of carbonyl (C=O) groups is 1. The van der Waals surface area contributed by atoms with Gasteiger partial charge in [0.15, 0.2) is 0 Å². The number of benzene rings is 1. The van der Waals surface area contributed by atoms with Gasteiger partial charge in [0.2, 0.25) is 15.7 Å². The summed E-state index contributed by atoms with van der Waals surface area (Å²) in [7, 11) is -4.87. The van der Waals surface area contributed by atoms with E-state index in [9.17, 15) is 22.0 Å². The molecule has 3 rings (SSSR count). The number of sulfone groups is 1. The Balaban J connectivity index is 1.75. The quantitative estimate of drug-likeness (QED) is 0.684. The molecule has 0 N–H and O–H groups in total. The summed E-state index contributed by atoms with van der Waals surface area (Å²) in [5.74, 6) is -3.81. The largest absolute Gasteiger partial charge is 0.472 e. The van der Waals surface area contributed by atoms with E-state index in [1.165, 1.54) is 23.1 Å². The molecule has 6 nitrogen and oxygen atoms in total. The number of ether oxygens (including phenoxy) is 1. The maximum atomic E-state index is 12.9. The lowest BCUT2D eigenvalue weighted by Gasteiger charge is -2.18. The lowest BCUT2D eigenvalue weighted by Crippen LogP contribution is -2.32. The highest BCUT2D eigenvalue weighted by Crippen LogP contribution is 2.25. The first-order valence-corrected chi connectivity index (χ1v) is 10.3. The molecule has 2 aromatic rings. The Kier molecular flexibility index (Phi) is 5.75. The highest BCUT2D eigenvalue weighted by molar-refractivity contribution is 9.10. The zero-order valence-corrected chi connectivity index (χ0v) is 16.3. The average Bonchev–Trinajstić information content (AvgIpc) is 3.11. The van der Waals surface area contributed by atoms with Crippen molar-refractivity contribution in [3.63, 3.8) is 0 Å². The van der Waals surface area contributed by atoms with Crippen LogP contribution in [0.4, 0.5) is 8.78 Å². The number of aromatic nitrogens is 1. The fourth-order valence-electron chi connectivity index (χ4n) is 2.77. The van der Waals surface area contributed by atoms with E-state index in [1.807, 2.05) is 0 Å². The van der Waals surface area contributed by atoms with E-state index in [-0.39, 0.29) is 18.2 Å². The van der Waals surface area contributed by atoms with Crippen LogP contribution < -0.4 is 4.74 Å². The van der Waals surface area contributed by atoms with Crippen LogP contribution in [-0.4, -0.2) is 49.2 Å². The van der Waals surface area contributed by atoms with Gasteiger partial charge in [0.05, 0.1) is 17.0 Å². The van der Waals surface area contributed by atoms with Crippen LogP contribution in [-0.2, 0) is 9.84 Å². The summed E-state index contributed by atoms with van der Waals surface area (Å²) < 4.78 is 56.0. The first-order chi connectivity index (χ1) is 12.8. The van der Waals surface area contributed by atoms with Gasteiger partial charge in [-0.15, -0.1) is 0 Å². The minimum absolute atomic E-state index is 0.208. The minimum Gasteiger partial charge on any atom is -0.472 e. The predicted octanol–water partition coefficient (Wildman–Crippen LogP) is 3.13. The molecular weight excluding hydrogens is 446 g/mol. The molecule has 1 fully saturated rings. The van der Waals surface area contributed by atoms with Gasteiger partial charge in [0.25, 0.3) is 5.91 Å². The Hall–Kier alpha value is -2.07. The number of hydrogen-bond donors (Lipinski definition) is 0. The van der Waals surface area contributed by atoms with Crippen LogP contribution in [0.25, 0.3) is 0 Å². The van der Waals surface area contributed by atoms with E-state index in [0.29, 0.717) is 18.8 Å². The number of amides is 1. The SMILES string of the molecule is O=C(c1ccccc1S(=O)(=O)C(F)F)N1CCC(Oc2ccc(Br)cn2)C1. The molecule has 1 saturated heterocycles. The van der Waals surface area contributed by atoms with Gasteiger partial charge in [-0.2, -0.15) is 8.78 Å². The number of rotatable bonds is 5. The number of likely N-dealkylation sites (tertiary alicyclic amines) is 1. The van der Waals surface area contributed by atoms with Crippen molar-refractivity contribution >= 4 is 31.7 Å². The van der Waals surface area contributed by atoms with Crippen LogP contribution in [0, 0.1) is 0 Å². The normalized spacial score (nSPS) is 17.3. The summed E-state index contributed by atoms with van der Waals surface area (Å²) in [6.45, 7) is 0.530. The molecule has 0 radical (unpaired) electrons. The smallest absolute Gasteiger partial charge is 0.341 e. The number of hydrogen-bond acceptors (Lipinski definition) is 5. The van der Waals surface area contributed by atoms with Crippen molar-refractivity contribution in [2.24, 2.45) is 0 Å². The second kappa shape index (κ2) is 7.89. The van der Waals surface area contributed by atoms with Crippen LogP contribution in [0.3, 0.4) is 0 Å². The van der Waals surface area contributed by atoms with Crippen LogP contribution >= 0.6 is 15.9 Å². The molecule has 1 aromatic heterocycles. The third kappa shape index (κ3) is 4.27. The summed E-state index contributed by atoms with van der Waals surface area (Å²) in [6.07, 6.45) is 1.79. The van der Waals surface area contributed by atoms with E-state index >= 15 is 0 Å². The van der Waals surface area contributed by atoms with Crippen LogP contribution in [0.2, 0.25) is 0 Å². The van der Waals surface area contributed by atoms with Crippen molar-refractivity contribution in [1.82, 2.24) is 9.88 Å². The van der Waals surface area contributed by atoms with Gasteiger partial charge in [-0.1, -0.05) is 12.1 Å². The van der Waals surface area contributed by atoms with E-state index in [1.54, 1.807) is 18.3 Å². The standard InChI is InChI=1S/C17H15BrF2N2O4S/c18-11-5-6-15(21-9-11)26-12-7-8-22(10-12)16(23)13-3-1-2-4-14(13)27(24,25)17(19)20/h1-6,9,12,17H,7-8,10H2. The number of halogens is 3. The number of carbonyl (C=O) groups excluding carboxylic acids is 1. The monoisotopic (exact) mass is 460 g/mol. The van der Waals surface area contributed by atoms with Crippen molar-refractivity contribution in [3.8, 4) is 5.88 Å². The van der Waals surface area contributed by atoms with Gasteiger partial charge in [0.1, 0.15) is 6.10 Å². The molecule has 10 heteroatoms. The van der Waals surface area contributed by atoms with Crippen molar-refractivity contribution < 1.29 is 26.7 Å². The summed E-state index contributed by atoms with van der Waals surface area (Å²) in [5.41, 5.74) is -0.264. The molecule has 1 atom stereocenters. The van der Waals surface area contributed by atoms with E-state index in [2.05, 4.69) is 20.9 Å². The third-order valence-electron chi connectivity index (χ3n) is 4.08. The van der Waals surface area contributed by atoms with Gasteiger partial charge in [0, 0.05) is 29.7 Å². The molecule has 27 heavy (non-hydrogen) atoms. The number of pyridine rings is 1. The fourth-order valence-corrected chi connectivity index (χ4v) is 3.93. The van der Waals surface area contributed by atoms with Gasteiger partial charge in [-0.3, -0.25) is 4.79 Å². The molecule has 0 spiro atoms. The molecular formula is C17H15BrF2N2O4S. The molecule has 0 aliphatic carbocycles. The second-order valence-electron chi connectivity index (χ2n) is 5.90. The van der Waals surface area contributed by atoms with Gasteiger partial charge in [-0.05, 0) is 34.1 Å². The predicted molar refractivity (Wildman–Crippen MR) is 96.5 cm³/mol. The number of alkyl halides is 2. The van der Waals surface area contributed by atoms with Crippen molar-refractivity contribution in [2.75, 3.05) is 13.1 Å². The Morgan fingerprint density at radius 3 is 2.67 bits per heavy atom. The highest BCUT2D eigenvalue weighted by Gasteiger charge is 2.34. The number of nitrogens with zero attached hydrogens (tertiary/aromatic N) is 2. The fraction of sp³-hybridized carbons (Fsp3) is 0.294. The summed E-state index contributed by atoms with van der Waals surface area (Å²) >= 11 is 3.27. The first kappa shape index (κ1) is 19.7. The maximum absolute atomic E-state index is 12.9. The molecule has 1 aromatic carbocycles. The molecule has 1 aliphatic rings. The van der Waals surface area contributed by atoms with E-state index < -0.39 is 26.4 Å². The molecule has 1 amide bonds. The zero-order valence-electron chi connectivity index (χ0n) is 13.9. The van der Waals surface area contributed by atoms with E-state index in [4.69, 9.17) is 4.74 Å². The molecule has 2 heterocycles. The topological polar surface area (TPSA) is 76.6 Å². The Labute approximate surface area is 163 Å². The average molecular weight is 461 g/mol. The minimum atomic E-state index is -4.87. The lowest BCUT2D eigenvalue weighted by atomic mass is 10.2. The Bertz CT molecular complexity index is 938. The summed E-state index contributed by atoms with van der Waals surface area (Å²) in [5, 5.41) is 0. The summed E-state index contributed by atoms with van der Waals surface area (Å²) in [6, 6.07) is 8.45. The van der Waals surface area contributed by atoms with Gasteiger partial charge >= 0.3 is 5.76 Å². The molecule has 0 bridgehead atoms. The van der Waals surface area contributed by atoms with Crippen LogP contribution in [0.5, 0.6) is 5.88 Å². The lowest BCUT2D eigenvalue weighted by molar-refractivity contribution is 0.0767. The van der Waals surface area contributed by atoms with Gasteiger partial charge < -0.3 is 9.64 Å².